The molecule has 12 atom stereocenters. The number of aliphatic hydroxyl groups excluding tert-OH is 1. The fourth-order valence-electron chi connectivity index (χ4n) is 9.99. The summed E-state index contributed by atoms with van der Waals surface area (Å²) in [6, 6.07) is 11.8. The van der Waals surface area contributed by atoms with Gasteiger partial charge in [0.2, 0.25) is 23.6 Å². The van der Waals surface area contributed by atoms with Crippen molar-refractivity contribution < 1.29 is 52.9 Å². The first-order chi connectivity index (χ1) is 34.8. The van der Waals surface area contributed by atoms with E-state index in [-0.39, 0.29) is 90.8 Å². The highest BCUT2D eigenvalue weighted by Crippen LogP contribution is 2.32. The Morgan fingerprint density at radius 1 is 0.743 bits per heavy atom. The third kappa shape index (κ3) is 17.2. The number of likely N-dealkylation sites (tertiary alicyclic amines) is 1. The Morgan fingerprint density at radius 3 is 1.89 bits per heavy atom. The van der Waals surface area contributed by atoms with E-state index in [2.05, 4.69) is 10.6 Å². The summed E-state index contributed by atoms with van der Waals surface area (Å²) in [7, 11) is 6.22. The molecule has 0 saturated carbocycles. The molecule has 0 bridgehead atoms. The highest BCUT2D eigenvalue weighted by atomic mass is 16.6. The molecule has 414 valence electrons. The van der Waals surface area contributed by atoms with Gasteiger partial charge >= 0.3 is 6.09 Å². The van der Waals surface area contributed by atoms with Crippen LogP contribution in [0.4, 0.5) is 4.79 Å². The number of rotatable bonds is 29. The molecule has 5 amide bonds. The van der Waals surface area contributed by atoms with Crippen molar-refractivity contribution in [3.63, 3.8) is 0 Å². The molecule has 1 aliphatic rings. The molecular formula is C57H90N6O11. The Labute approximate surface area is 441 Å². The van der Waals surface area contributed by atoms with E-state index in [0.717, 1.165) is 12.0 Å². The minimum atomic E-state index is -1.01. The van der Waals surface area contributed by atoms with Gasteiger partial charge in [-0.25, -0.2) is 4.79 Å². The summed E-state index contributed by atoms with van der Waals surface area (Å²) in [4.78, 5) is 100. The average Bonchev–Trinajstić information content (AvgIpc) is 3.86. The molecule has 1 aliphatic heterocycles. The number of nitrogens with two attached hydrogens (primary N) is 1. The lowest BCUT2D eigenvalue weighted by Crippen LogP contribution is -2.60. The maximum absolute atomic E-state index is 14.7. The summed E-state index contributed by atoms with van der Waals surface area (Å²) in [6.45, 7) is 20.6. The minimum Gasteiger partial charge on any atom is -0.445 e. The van der Waals surface area contributed by atoms with E-state index in [4.69, 9.17) is 19.9 Å². The zero-order chi connectivity index (χ0) is 55.7. The molecule has 0 radical (unpaired) electrons. The molecule has 5 N–H and O–H groups in total. The van der Waals surface area contributed by atoms with Crippen LogP contribution >= 0.6 is 0 Å². The van der Waals surface area contributed by atoms with E-state index in [1.54, 1.807) is 69.0 Å². The fraction of sp³-hybridized carbons (Fsp3) is 0.667. The molecule has 0 unspecified atom stereocenters. The number of Topliss-reactive ketones (excluding diaryl/α,β-unsaturated/α-hetero) is 2. The maximum atomic E-state index is 14.7. The molecule has 0 aromatic heterocycles. The quantitative estimate of drug-likeness (QED) is 0.0708. The van der Waals surface area contributed by atoms with Crippen LogP contribution in [0.15, 0.2) is 54.6 Å². The number of hydrogen-bond donors (Lipinski definition) is 4. The molecule has 0 spiro atoms. The number of amides is 5. The van der Waals surface area contributed by atoms with Gasteiger partial charge in [-0.3, -0.25) is 33.7 Å². The molecular weight excluding hydrogens is 945 g/mol. The molecule has 2 aromatic rings. The van der Waals surface area contributed by atoms with Gasteiger partial charge < -0.3 is 45.5 Å². The third-order valence-electron chi connectivity index (χ3n) is 15.0. The van der Waals surface area contributed by atoms with Crippen LogP contribution in [0.25, 0.3) is 0 Å². The van der Waals surface area contributed by atoms with Crippen molar-refractivity contribution in [2.45, 2.75) is 176 Å². The van der Waals surface area contributed by atoms with Crippen molar-refractivity contribution in [2.75, 3.05) is 34.9 Å². The predicted octanol–water partition coefficient (Wildman–Crippen LogP) is 6.27. The van der Waals surface area contributed by atoms with Gasteiger partial charge in [0, 0.05) is 53.6 Å². The number of ketones is 2. The van der Waals surface area contributed by atoms with Gasteiger partial charge in [-0.05, 0) is 66.0 Å². The normalized spacial score (nSPS) is 18.3. The van der Waals surface area contributed by atoms with Gasteiger partial charge in [-0.1, -0.05) is 130 Å². The second kappa shape index (κ2) is 29.8. The number of likely N-dealkylation sites (N-methyl/N-ethyl adjacent to an activating group) is 2. The Kier molecular flexibility index (Phi) is 25.4. The van der Waals surface area contributed by atoms with Crippen molar-refractivity contribution in [1.29, 1.82) is 0 Å². The lowest BCUT2D eigenvalue weighted by molar-refractivity contribution is -0.148. The number of nitrogens with zero attached hydrogens (tertiary/aromatic N) is 3. The second-order valence-electron chi connectivity index (χ2n) is 21.6. The summed E-state index contributed by atoms with van der Waals surface area (Å²) in [5.74, 6) is -3.55. The standard InChI is InChI=1S/C57H90N6O11/c1-16-36(8)51(46(72-14)31-47(66)63-28-20-23-43(63)53(73-15)38(10)44(64)29-37(9)52(67)42-21-18-17-19-22-42)61(12)56(70)49(34(4)5)60-55(69)50(35(6)7)62(13)57(71)74-32-41-26-24-40(25-27-41)30-45(65)39(11)59-54(68)48(58)33(2)3/h17-19,21-22,24-27,33-39,43,46,48-53,67H,16,20,23,28-32,58H2,1-15H3,(H,59,68)(H,60,69)/t36-,37-,38-,39-,43-,46+,48-,49-,50-,51-,52+,53+/m0/s1. The number of carbonyl (C=O) groups excluding carboxylic acids is 7. The zero-order valence-corrected chi connectivity index (χ0v) is 47.0. The molecule has 0 aliphatic carbocycles. The minimum absolute atomic E-state index is 0.0433. The van der Waals surface area contributed by atoms with E-state index >= 15 is 0 Å². The first kappa shape index (κ1) is 63.1. The van der Waals surface area contributed by atoms with Gasteiger partial charge in [0.1, 0.15) is 24.5 Å². The van der Waals surface area contributed by atoms with Crippen LogP contribution in [0.2, 0.25) is 0 Å². The van der Waals surface area contributed by atoms with Crippen LogP contribution in [0.3, 0.4) is 0 Å². The molecule has 3 rings (SSSR count). The summed E-state index contributed by atoms with van der Waals surface area (Å²) in [6.07, 6.45) is -0.647. The summed E-state index contributed by atoms with van der Waals surface area (Å²) in [5.41, 5.74) is 8.03. The molecule has 1 fully saturated rings. The first-order valence-corrected chi connectivity index (χ1v) is 26.5. The summed E-state index contributed by atoms with van der Waals surface area (Å²) < 4.78 is 17.7. The van der Waals surface area contributed by atoms with Crippen molar-refractivity contribution >= 4 is 41.3 Å². The van der Waals surface area contributed by atoms with E-state index in [1.165, 1.54) is 19.1 Å². The number of benzene rings is 2. The van der Waals surface area contributed by atoms with E-state index in [0.29, 0.717) is 30.5 Å². The SMILES string of the molecule is CC[C@H](C)[C@@H]([C@@H](CC(=O)N1CCC[C@H]1[C@H](OC)[C@@H](C)C(=O)C[C@H](C)[C@@H](O)c1ccccc1)OC)N(C)C(=O)[C@@H](NC(=O)[C@H](C(C)C)N(C)C(=O)OCc1ccc(CC(=O)[C@H](C)NC(=O)[C@@H](N)C(C)C)cc1)C(C)C. The van der Waals surface area contributed by atoms with Crippen molar-refractivity contribution in [1.82, 2.24) is 25.3 Å². The number of carbonyl (C=O) groups is 7. The lowest BCUT2D eigenvalue weighted by atomic mass is 9.85. The topological polar surface area (TPSA) is 227 Å². The van der Waals surface area contributed by atoms with Gasteiger partial charge in [-0.2, -0.15) is 0 Å². The highest BCUT2D eigenvalue weighted by molar-refractivity contribution is 5.92. The van der Waals surface area contributed by atoms with Gasteiger partial charge in [0.15, 0.2) is 5.78 Å². The Morgan fingerprint density at radius 2 is 1.35 bits per heavy atom. The van der Waals surface area contributed by atoms with E-state index < -0.39 is 66.4 Å². The zero-order valence-electron chi connectivity index (χ0n) is 47.0. The monoisotopic (exact) mass is 1030 g/mol. The number of hydrogen-bond acceptors (Lipinski definition) is 12. The summed E-state index contributed by atoms with van der Waals surface area (Å²) in [5, 5.41) is 16.6. The smallest absolute Gasteiger partial charge is 0.410 e. The Hall–Kier alpha value is -5.23. The summed E-state index contributed by atoms with van der Waals surface area (Å²) >= 11 is 0. The molecule has 17 nitrogen and oxygen atoms in total. The number of aliphatic hydroxyl groups is 1. The number of ether oxygens (including phenoxy) is 3. The van der Waals surface area contributed by atoms with Crippen LogP contribution in [0, 0.1) is 35.5 Å². The third-order valence-corrected chi connectivity index (χ3v) is 15.0. The number of nitrogens with one attached hydrogen (secondary N) is 2. The van der Waals surface area contributed by atoms with Crippen LogP contribution in [0.1, 0.15) is 131 Å². The second-order valence-corrected chi connectivity index (χ2v) is 21.6. The molecule has 2 aromatic carbocycles. The van der Waals surface area contributed by atoms with E-state index in [9.17, 15) is 38.7 Å². The van der Waals surface area contributed by atoms with Crippen molar-refractivity contribution in [3.05, 3.63) is 71.3 Å². The van der Waals surface area contributed by atoms with Gasteiger partial charge in [0.25, 0.3) is 0 Å². The molecule has 74 heavy (non-hydrogen) atoms. The first-order valence-electron chi connectivity index (χ1n) is 26.5. The molecule has 17 heteroatoms. The van der Waals surface area contributed by atoms with Crippen LogP contribution in [-0.4, -0.2) is 144 Å². The Balaban J connectivity index is 1.69. The molecule has 1 saturated heterocycles. The van der Waals surface area contributed by atoms with Crippen molar-refractivity contribution in [2.24, 2.45) is 41.2 Å². The molecule has 1 heterocycles. The van der Waals surface area contributed by atoms with Crippen LogP contribution in [-0.2, 0) is 56.0 Å². The predicted molar refractivity (Wildman–Crippen MR) is 285 cm³/mol. The van der Waals surface area contributed by atoms with Crippen LogP contribution < -0.4 is 16.4 Å². The largest absolute Gasteiger partial charge is 0.445 e. The maximum Gasteiger partial charge on any atom is 0.410 e. The van der Waals surface area contributed by atoms with Crippen molar-refractivity contribution in [3.8, 4) is 0 Å². The van der Waals surface area contributed by atoms with Gasteiger partial charge in [-0.15, -0.1) is 0 Å². The number of methoxy groups -OCH3 is 2. The van der Waals surface area contributed by atoms with E-state index in [1.807, 2.05) is 85.7 Å². The highest BCUT2D eigenvalue weighted by Gasteiger charge is 2.44. The van der Waals surface area contributed by atoms with Gasteiger partial charge in [0.05, 0.1) is 48.9 Å². The Bertz CT molecular complexity index is 2140. The average molecular weight is 1040 g/mol. The lowest BCUT2D eigenvalue weighted by Gasteiger charge is -2.41. The van der Waals surface area contributed by atoms with Crippen LogP contribution in [0.5, 0.6) is 0 Å². The fourth-order valence-corrected chi connectivity index (χ4v) is 9.99.